The lowest BCUT2D eigenvalue weighted by molar-refractivity contribution is -0.148. The highest BCUT2D eigenvalue weighted by atomic mass is 16.5. The van der Waals surface area contributed by atoms with Gasteiger partial charge in [0.25, 0.3) is 5.91 Å². The van der Waals surface area contributed by atoms with Crippen molar-refractivity contribution in [3.05, 3.63) is 77.4 Å². The zero-order valence-electron chi connectivity index (χ0n) is 14.6. The molecule has 0 aliphatic carbocycles. The van der Waals surface area contributed by atoms with Crippen LogP contribution < -0.4 is 0 Å². The first-order valence-electron chi connectivity index (χ1n) is 8.29. The number of carbonyl (C=O) groups excluding carboxylic acids is 2. The Hall–Kier alpha value is -3.39. The van der Waals surface area contributed by atoms with Gasteiger partial charge >= 0.3 is 5.97 Å². The highest BCUT2D eigenvalue weighted by Gasteiger charge is 2.17. The van der Waals surface area contributed by atoms with Crippen LogP contribution >= 0.6 is 0 Å². The molecule has 0 spiro atoms. The molecule has 0 aromatic heterocycles. The molecule has 0 fully saturated rings. The number of ether oxygens (including phenoxy) is 1. The van der Waals surface area contributed by atoms with E-state index in [9.17, 15) is 9.59 Å². The van der Waals surface area contributed by atoms with E-state index in [1.165, 1.54) is 6.08 Å². The summed E-state index contributed by atoms with van der Waals surface area (Å²) in [5, 5.41) is 9.16. The molecule has 2 aromatic carbocycles. The van der Waals surface area contributed by atoms with Crippen molar-refractivity contribution in [1.82, 2.24) is 4.90 Å². The fourth-order valence-corrected chi connectivity index (χ4v) is 2.33. The Labute approximate surface area is 153 Å². The van der Waals surface area contributed by atoms with Crippen LogP contribution in [0.25, 0.3) is 6.08 Å². The lowest BCUT2D eigenvalue weighted by Gasteiger charge is -2.20. The molecule has 26 heavy (non-hydrogen) atoms. The first-order valence-corrected chi connectivity index (χ1v) is 8.29. The smallest absolute Gasteiger partial charge is 0.349 e. The predicted molar refractivity (Wildman–Crippen MR) is 98.5 cm³/mol. The van der Waals surface area contributed by atoms with Crippen LogP contribution in [0.15, 0.2) is 66.2 Å². The highest BCUT2D eigenvalue weighted by molar-refractivity contribution is 5.98. The van der Waals surface area contributed by atoms with Gasteiger partial charge in [0.05, 0.1) is 0 Å². The van der Waals surface area contributed by atoms with Gasteiger partial charge in [-0.2, -0.15) is 5.26 Å². The number of hydrogen-bond acceptors (Lipinski definition) is 4. The van der Waals surface area contributed by atoms with Crippen molar-refractivity contribution in [2.24, 2.45) is 0 Å². The van der Waals surface area contributed by atoms with Gasteiger partial charge in [-0.25, -0.2) is 4.79 Å². The van der Waals surface area contributed by atoms with Crippen molar-refractivity contribution in [2.45, 2.75) is 13.5 Å². The maximum atomic E-state index is 12.3. The molecule has 0 aliphatic rings. The third-order valence-corrected chi connectivity index (χ3v) is 3.73. The Morgan fingerprint density at radius 2 is 1.69 bits per heavy atom. The SMILES string of the molecule is CCN(Cc1ccccc1)C(=O)COC(=O)C(C#N)=Cc1ccccc1. The summed E-state index contributed by atoms with van der Waals surface area (Å²) in [6.45, 7) is 2.40. The summed E-state index contributed by atoms with van der Waals surface area (Å²) in [5.74, 6) is -1.11. The van der Waals surface area contributed by atoms with Gasteiger partial charge in [0, 0.05) is 13.1 Å². The summed E-state index contributed by atoms with van der Waals surface area (Å²) in [7, 11) is 0. The van der Waals surface area contributed by atoms with Gasteiger partial charge in [-0.1, -0.05) is 60.7 Å². The molecule has 5 heteroatoms. The molecule has 0 atom stereocenters. The first-order chi connectivity index (χ1) is 12.6. The van der Waals surface area contributed by atoms with Gasteiger partial charge in [-0.15, -0.1) is 0 Å². The lowest BCUT2D eigenvalue weighted by atomic mass is 10.1. The van der Waals surface area contributed by atoms with Gasteiger partial charge in [0.15, 0.2) is 6.61 Å². The van der Waals surface area contributed by atoms with Crippen molar-refractivity contribution in [3.63, 3.8) is 0 Å². The summed E-state index contributed by atoms with van der Waals surface area (Å²) in [6, 6.07) is 20.4. The number of likely N-dealkylation sites (N-methyl/N-ethyl adjacent to an activating group) is 1. The van der Waals surface area contributed by atoms with Crippen LogP contribution in [0.3, 0.4) is 0 Å². The average Bonchev–Trinajstić information content (AvgIpc) is 2.69. The molecule has 2 aromatic rings. The Balaban J connectivity index is 1.95. The van der Waals surface area contributed by atoms with Crippen molar-refractivity contribution < 1.29 is 14.3 Å². The van der Waals surface area contributed by atoms with Crippen LogP contribution in [0.5, 0.6) is 0 Å². The molecule has 2 rings (SSSR count). The zero-order chi connectivity index (χ0) is 18.8. The minimum atomic E-state index is -0.805. The summed E-state index contributed by atoms with van der Waals surface area (Å²) in [6.07, 6.45) is 1.44. The summed E-state index contributed by atoms with van der Waals surface area (Å²) in [5.41, 5.74) is 1.57. The van der Waals surface area contributed by atoms with E-state index in [4.69, 9.17) is 10.00 Å². The van der Waals surface area contributed by atoms with Crippen LogP contribution in [0.2, 0.25) is 0 Å². The molecule has 5 nitrogen and oxygen atoms in total. The van der Waals surface area contributed by atoms with Gasteiger partial charge in [-0.05, 0) is 24.1 Å². The fraction of sp³-hybridized carbons (Fsp3) is 0.190. The average molecular weight is 348 g/mol. The van der Waals surface area contributed by atoms with Crippen LogP contribution in [0.4, 0.5) is 0 Å². The molecule has 0 unspecified atom stereocenters. The number of amides is 1. The van der Waals surface area contributed by atoms with Crippen LogP contribution in [0, 0.1) is 11.3 Å². The van der Waals surface area contributed by atoms with E-state index in [-0.39, 0.29) is 11.5 Å². The van der Waals surface area contributed by atoms with E-state index in [0.717, 1.165) is 5.56 Å². The number of nitriles is 1. The first kappa shape index (κ1) is 18.9. The standard InChI is InChI=1S/C21H20N2O3/c1-2-23(15-18-11-7-4-8-12-18)20(24)16-26-21(25)19(14-22)13-17-9-5-3-6-10-17/h3-13H,2,15-16H2,1H3. The van der Waals surface area contributed by atoms with E-state index in [2.05, 4.69) is 0 Å². The normalized spacial score (nSPS) is 10.7. The van der Waals surface area contributed by atoms with Crippen molar-refractivity contribution in [1.29, 1.82) is 5.26 Å². The largest absolute Gasteiger partial charge is 0.451 e. The van der Waals surface area contributed by atoms with Gasteiger partial charge in [0.2, 0.25) is 0 Å². The number of rotatable bonds is 7. The zero-order valence-corrected chi connectivity index (χ0v) is 14.6. The highest BCUT2D eigenvalue weighted by Crippen LogP contribution is 2.09. The molecule has 0 saturated carbocycles. The third kappa shape index (κ3) is 5.60. The molecule has 0 N–H and O–H groups in total. The molecule has 132 valence electrons. The fourth-order valence-electron chi connectivity index (χ4n) is 2.33. The van der Waals surface area contributed by atoms with Crippen LogP contribution in [-0.2, 0) is 20.9 Å². The molecule has 1 amide bonds. The third-order valence-electron chi connectivity index (χ3n) is 3.73. The number of esters is 1. The number of nitrogens with zero attached hydrogens (tertiary/aromatic N) is 2. The second-order valence-corrected chi connectivity index (χ2v) is 5.55. The predicted octanol–water partition coefficient (Wildman–Crippen LogP) is 3.19. The molecule has 0 aliphatic heterocycles. The molecular formula is C21H20N2O3. The molecular weight excluding hydrogens is 328 g/mol. The topological polar surface area (TPSA) is 70.4 Å². The van der Waals surface area contributed by atoms with Crippen LogP contribution in [0.1, 0.15) is 18.1 Å². The van der Waals surface area contributed by atoms with E-state index in [0.29, 0.717) is 18.7 Å². The van der Waals surface area contributed by atoms with E-state index < -0.39 is 12.6 Å². The quantitative estimate of drug-likeness (QED) is 0.438. The minimum absolute atomic E-state index is 0.143. The Kier molecular flexibility index (Phi) is 7.14. The van der Waals surface area contributed by atoms with Crippen molar-refractivity contribution in [3.8, 4) is 6.07 Å². The van der Waals surface area contributed by atoms with E-state index in [1.807, 2.05) is 49.4 Å². The van der Waals surface area contributed by atoms with Crippen molar-refractivity contribution >= 4 is 18.0 Å². The molecule has 0 heterocycles. The van der Waals surface area contributed by atoms with Crippen molar-refractivity contribution in [2.75, 3.05) is 13.2 Å². The Bertz CT molecular complexity index is 808. The lowest BCUT2D eigenvalue weighted by Crippen LogP contribution is -2.34. The maximum Gasteiger partial charge on any atom is 0.349 e. The molecule has 0 saturated heterocycles. The number of hydrogen-bond donors (Lipinski definition) is 0. The van der Waals surface area contributed by atoms with E-state index in [1.54, 1.807) is 29.2 Å². The second-order valence-electron chi connectivity index (χ2n) is 5.55. The molecule has 0 radical (unpaired) electrons. The summed E-state index contributed by atoms with van der Waals surface area (Å²) in [4.78, 5) is 26.0. The molecule has 0 bridgehead atoms. The Morgan fingerprint density at radius 3 is 2.27 bits per heavy atom. The van der Waals surface area contributed by atoms with Crippen LogP contribution in [-0.4, -0.2) is 29.9 Å². The summed E-state index contributed by atoms with van der Waals surface area (Å²) >= 11 is 0. The monoisotopic (exact) mass is 348 g/mol. The minimum Gasteiger partial charge on any atom is -0.451 e. The second kappa shape index (κ2) is 9.80. The van der Waals surface area contributed by atoms with Gasteiger partial charge in [-0.3, -0.25) is 4.79 Å². The van der Waals surface area contributed by atoms with Gasteiger partial charge in [0.1, 0.15) is 11.6 Å². The number of carbonyl (C=O) groups is 2. The maximum absolute atomic E-state index is 12.3. The number of benzene rings is 2. The summed E-state index contributed by atoms with van der Waals surface area (Å²) < 4.78 is 5.03. The van der Waals surface area contributed by atoms with E-state index >= 15 is 0 Å². The Morgan fingerprint density at radius 1 is 1.08 bits per heavy atom. The van der Waals surface area contributed by atoms with Gasteiger partial charge < -0.3 is 9.64 Å².